The van der Waals surface area contributed by atoms with E-state index in [2.05, 4.69) is 25.7 Å². The number of ether oxygens (including phenoxy) is 1. The second-order valence-electron chi connectivity index (χ2n) is 3.37. The van der Waals surface area contributed by atoms with Crippen LogP contribution in [0, 0.1) is 0 Å². The van der Waals surface area contributed by atoms with Gasteiger partial charge in [-0.15, -0.1) is 5.10 Å². The number of aliphatic carboxylic acids is 1. The highest BCUT2D eigenvalue weighted by atomic mass is 16.5. The third-order valence-electron chi connectivity index (χ3n) is 2.11. The fraction of sp³-hybridized carbons (Fsp3) is 0.556. The molecule has 2 amide bonds. The second-order valence-corrected chi connectivity index (χ2v) is 3.37. The van der Waals surface area contributed by atoms with Crippen molar-refractivity contribution in [3.05, 3.63) is 12.4 Å². The predicted octanol–water partition coefficient (Wildman–Crippen LogP) is -1.32. The van der Waals surface area contributed by atoms with Crippen LogP contribution in [0.3, 0.4) is 0 Å². The normalized spacial score (nSPS) is 11.8. The summed E-state index contributed by atoms with van der Waals surface area (Å²) in [6.45, 7) is 0.751. The lowest BCUT2D eigenvalue weighted by molar-refractivity contribution is -0.147. The Bertz CT molecular complexity index is 380. The van der Waals surface area contributed by atoms with E-state index >= 15 is 0 Å². The topological polar surface area (TPSA) is 118 Å². The van der Waals surface area contributed by atoms with Crippen LogP contribution in [0.4, 0.5) is 4.79 Å². The zero-order valence-electron chi connectivity index (χ0n) is 9.87. The molecule has 3 N–H and O–H groups in total. The molecular weight excluding hydrogens is 242 g/mol. The van der Waals surface area contributed by atoms with Crippen molar-refractivity contribution in [3.8, 4) is 0 Å². The van der Waals surface area contributed by atoms with Crippen molar-refractivity contribution in [2.24, 2.45) is 0 Å². The number of carbonyl (C=O) groups excluding carboxylic acids is 1. The maximum Gasteiger partial charge on any atom is 0.334 e. The van der Waals surface area contributed by atoms with Crippen molar-refractivity contribution >= 4 is 12.0 Å². The number of rotatable bonds is 7. The molecule has 9 heteroatoms. The number of hydrogen-bond acceptors (Lipinski definition) is 5. The predicted molar refractivity (Wildman–Crippen MR) is 59.9 cm³/mol. The molecule has 0 radical (unpaired) electrons. The van der Waals surface area contributed by atoms with Gasteiger partial charge in [0.15, 0.2) is 6.10 Å². The molecule has 0 aromatic carbocycles. The van der Waals surface area contributed by atoms with Crippen molar-refractivity contribution in [2.75, 3.05) is 20.2 Å². The van der Waals surface area contributed by atoms with Gasteiger partial charge in [0.2, 0.25) is 0 Å². The van der Waals surface area contributed by atoms with E-state index in [1.165, 1.54) is 13.3 Å². The van der Waals surface area contributed by atoms with Crippen LogP contribution >= 0.6 is 0 Å². The molecule has 0 fully saturated rings. The third kappa shape index (κ3) is 4.78. The number of aromatic nitrogens is 3. The highest BCUT2D eigenvalue weighted by molar-refractivity contribution is 5.76. The van der Waals surface area contributed by atoms with Crippen LogP contribution in [0.15, 0.2) is 12.4 Å². The first-order valence-electron chi connectivity index (χ1n) is 5.25. The number of methoxy groups -OCH3 is 1. The molecule has 1 aromatic rings. The lowest BCUT2D eigenvalue weighted by Crippen LogP contribution is -2.43. The molecule has 9 nitrogen and oxygen atoms in total. The first-order valence-corrected chi connectivity index (χ1v) is 5.25. The zero-order chi connectivity index (χ0) is 13.4. The summed E-state index contributed by atoms with van der Waals surface area (Å²) in [6, 6.07) is -0.460. The van der Waals surface area contributed by atoms with Crippen LogP contribution in [0.5, 0.6) is 0 Å². The van der Waals surface area contributed by atoms with Crippen LogP contribution in [0.25, 0.3) is 0 Å². The van der Waals surface area contributed by atoms with E-state index < -0.39 is 18.1 Å². The number of nitrogens with one attached hydrogen (secondary N) is 2. The molecule has 0 aliphatic heterocycles. The first-order chi connectivity index (χ1) is 8.63. The highest BCUT2D eigenvalue weighted by Crippen LogP contribution is 1.87. The fourth-order valence-electron chi connectivity index (χ4n) is 1.16. The lowest BCUT2D eigenvalue weighted by atomic mass is 10.3. The van der Waals surface area contributed by atoms with Crippen LogP contribution in [0.1, 0.15) is 0 Å². The van der Waals surface area contributed by atoms with Gasteiger partial charge in [-0.25, -0.2) is 9.59 Å². The Morgan fingerprint density at radius 1 is 1.50 bits per heavy atom. The quantitative estimate of drug-likeness (QED) is 0.557. The molecule has 0 saturated carbocycles. The monoisotopic (exact) mass is 257 g/mol. The van der Waals surface area contributed by atoms with Gasteiger partial charge in [0.1, 0.15) is 0 Å². The van der Waals surface area contributed by atoms with Crippen molar-refractivity contribution in [1.82, 2.24) is 25.6 Å². The van der Waals surface area contributed by atoms with E-state index in [4.69, 9.17) is 5.11 Å². The van der Waals surface area contributed by atoms with E-state index in [-0.39, 0.29) is 6.54 Å². The Morgan fingerprint density at radius 2 is 2.28 bits per heavy atom. The van der Waals surface area contributed by atoms with Gasteiger partial charge in [0.25, 0.3) is 0 Å². The fourth-order valence-corrected chi connectivity index (χ4v) is 1.16. The maximum absolute atomic E-state index is 11.3. The van der Waals surface area contributed by atoms with E-state index in [1.54, 1.807) is 10.9 Å². The van der Waals surface area contributed by atoms with Gasteiger partial charge in [-0.05, 0) is 0 Å². The van der Waals surface area contributed by atoms with Crippen molar-refractivity contribution in [3.63, 3.8) is 0 Å². The van der Waals surface area contributed by atoms with Gasteiger partial charge in [-0.1, -0.05) is 5.21 Å². The summed E-state index contributed by atoms with van der Waals surface area (Å²) in [5, 5.41) is 21.0. The van der Waals surface area contributed by atoms with Crippen LogP contribution in [-0.2, 0) is 16.1 Å². The number of carboxylic acid groups (broad SMARTS) is 1. The maximum atomic E-state index is 11.3. The zero-order valence-corrected chi connectivity index (χ0v) is 9.87. The Labute approximate surface area is 103 Å². The minimum Gasteiger partial charge on any atom is -0.479 e. The average Bonchev–Trinajstić information content (AvgIpc) is 2.82. The molecule has 1 unspecified atom stereocenters. The third-order valence-corrected chi connectivity index (χ3v) is 2.11. The number of carboxylic acids is 1. The molecule has 100 valence electrons. The minimum atomic E-state index is -1.12. The first kappa shape index (κ1) is 13.9. The van der Waals surface area contributed by atoms with Gasteiger partial charge in [-0.3, -0.25) is 4.68 Å². The molecule has 18 heavy (non-hydrogen) atoms. The SMILES string of the molecule is COC(CNC(=O)NCCn1ccnn1)C(=O)O. The van der Waals surface area contributed by atoms with Crippen molar-refractivity contribution < 1.29 is 19.4 Å². The van der Waals surface area contributed by atoms with Crippen molar-refractivity contribution in [2.45, 2.75) is 12.6 Å². The van der Waals surface area contributed by atoms with Gasteiger partial charge < -0.3 is 20.5 Å². The molecular formula is C9H15N5O4. The summed E-state index contributed by atoms with van der Waals surface area (Å²) in [6.07, 6.45) is 2.16. The Hall–Kier alpha value is -2.16. The van der Waals surface area contributed by atoms with Gasteiger partial charge in [-0.2, -0.15) is 0 Å². The molecule has 1 heterocycles. The summed E-state index contributed by atoms with van der Waals surface area (Å²) >= 11 is 0. The van der Waals surface area contributed by atoms with E-state index in [0.717, 1.165) is 0 Å². The van der Waals surface area contributed by atoms with Crippen LogP contribution in [0.2, 0.25) is 0 Å². The largest absolute Gasteiger partial charge is 0.479 e. The number of urea groups is 1. The molecule has 0 bridgehead atoms. The number of carbonyl (C=O) groups is 2. The van der Waals surface area contributed by atoms with Crippen LogP contribution in [-0.4, -0.2) is 58.4 Å². The summed E-state index contributed by atoms with van der Waals surface area (Å²) in [4.78, 5) is 21.9. The molecule has 1 atom stereocenters. The standard InChI is InChI=1S/C9H15N5O4/c1-18-7(8(15)16)6-11-9(17)10-2-4-14-5-3-12-13-14/h3,5,7H,2,4,6H2,1H3,(H,15,16)(H2,10,11,17). The molecule has 1 rings (SSSR count). The Morgan fingerprint density at radius 3 is 2.83 bits per heavy atom. The van der Waals surface area contributed by atoms with Gasteiger partial charge >= 0.3 is 12.0 Å². The van der Waals surface area contributed by atoms with Crippen LogP contribution < -0.4 is 10.6 Å². The molecule has 0 aliphatic carbocycles. The van der Waals surface area contributed by atoms with Gasteiger partial charge in [0.05, 0.1) is 19.3 Å². The molecule has 0 saturated heterocycles. The lowest BCUT2D eigenvalue weighted by Gasteiger charge is -2.12. The number of amides is 2. The Balaban J connectivity index is 2.15. The minimum absolute atomic E-state index is 0.0962. The molecule has 0 aliphatic rings. The smallest absolute Gasteiger partial charge is 0.334 e. The van der Waals surface area contributed by atoms with E-state index in [9.17, 15) is 9.59 Å². The summed E-state index contributed by atoms with van der Waals surface area (Å²) < 4.78 is 6.23. The van der Waals surface area contributed by atoms with Crippen molar-refractivity contribution in [1.29, 1.82) is 0 Å². The summed E-state index contributed by atoms with van der Waals surface area (Å²) in [5.41, 5.74) is 0. The second kappa shape index (κ2) is 7.22. The van der Waals surface area contributed by atoms with Gasteiger partial charge in [0, 0.05) is 19.9 Å². The molecule has 0 spiro atoms. The number of hydrogen-bond donors (Lipinski definition) is 3. The average molecular weight is 257 g/mol. The summed E-state index contributed by atoms with van der Waals surface area (Å²) in [7, 11) is 1.27. The van der Waals surface area contributed by atoms with E-state index in [1.807, 2.05) is 0 Å². The molecule has 1 aromatic heterocycles. The summed E-state index contributed by atoms with van der Waals surface area (Å²) in [5.74, 6) is -1.12. The highest BCUT2D eigenvalue weighted by Gasteiger charge is 2.16. The Kier molecular flexibility index (Phi) is 5.58. The number of nitrogens with zero attached hydrogens (tertiary/aromatic N) is 3. The van der Waals surface area contributed by atoms with E-state index in [0.29, 0.717) is 13.1 Å².